The number of hydrogen-bond acceptors (Lipinski definition) is 4. The molecule has 1 aliphatic rings. The molecule has 20 heavy (non-hydrogen) atoms. The molecule has 2 aromatic rings. The second-order valence-corrected chi connectivity index (χ2v) is 5.72. The molecule has 2 N–H and O–H groups in total. The minimum atomic E-state index is -0.118. The van der Waals surface area contributed by atoms with Gasteiger partial charge >= 0.3 is 0 Å². The second-order valence-electron chi connectivity index (χ2n) is 4.69. The molecule has 1 aromatic carbocycles. The molecular weight excluding hydrogens is 296 g/mol. The second kappa shape index (κ2) is 6.52. The lowest BCUT2D eigenvalue weighted by Gasteiger charge is -2.14. The minimum Gasteiger partial charge on any atom is -0.459 e. The highest BCUT2D eigenvalue weighted by Gasteiger charge is 2.24. The Balaban J connectivity index is 0.00000147. The van der Waals surface area contributed by atoms with Gasteiger partial charge in [-0.05, 0) is 19.1 Å². The fourth-order valence-corrected chi connectivity index (χ4v) is 3.11. The zero-order chi connectivity index (χ0) is 13.2. The first-order chi connectivity index (χ1) is 9.24. The van der Waals surface area contributed by atoms with Gasteiger partial charge in [0, 0.05) is 17.0 Å². The van der Waals surface area contributed by atoms with E-state index in [4.69, 9.17) is 4.42 Å². The van der Waals surface area contributed by atoms with Crippen molar-refractivity contribution in [2.45, 2.75) is 19.0 Å². The molecule has 2 unspecified atom stereocenters. The van der Waals surface area contributed by atoms with Gasteiger partial charge in [-0.25, -0.2) is 0 Å². The number of carbonyl (C=O) groups is 1. The van der Waals surface area contributed by atoms with E-state index in [-0.39, 0.29) is 30.4 Å². The number of benzene rings is 1. The third-order valence-electron chi connectivity index (χ3n) is 3.26. The summed E-state index contributed by atoms with van der Waals surface area (Å²) in [5.74, 6) is 2.51. The van der Waals surface area contributed by atoms with E-state index in [1.807, 2.05) is 37.3 Å². The van der Waals surface area contributed by atoms with Gasteiger partial charge in [-0.15, -0.1) is 24.2 Å². The first-order valence-electron chi connectivity index (χ1n) is 6.34. The highest BCUT2D eigenvalue weighted by atomic mass is 35.5. The van der Waals surface area contributed by atoms with Gasteiger partial charge in [0.2, 0.25) is 5.91 Å². The number of fused-ring (bicyclic) bond motifs is 1. The Labute approximate surface area is 128 Å². The van der Waals surface area contributed by atoms with Crippen LogP contribution >= 0.6 is 24.2 Å². The Bertz CT molecular complexity index is 563. The zero-order valence-electron chi connectivity index (χ0n) is 11.1. The zero-order valence-corrected chi connectivity index (χ0v) is 12.7. The standard InChI is InChI=1S/C14H16N2O2S.ClH/c1-9(16-14(17)11-7-19-8-15-11)13-6-10-4-2-3-5-12(10)18-13;/h2-6,9,11,15H,7-8H2,1H3,(H,16,17);1H. The van der Waals surface area contributed by atoms with Crippen LogP contribution in [0.1, 0.15) is 18.7 Å². The number of thioether (sulfide) groups is 1. The number of amides is 1. The monoisotopic (exact) mass is 312 g/mol. The van der Waals surface area contributed by atoms with Gasteiger partial charge < -0.3 is 9.73 Å². The minimum absolute atomic E-state index is 0. The molecule has 1 aromatic heterocycles. The van der Waals surface area contributed by atoms with Crippen LogP contribution in [-0.2, 0) is 4.79 Å². The molecule has 0 radical (unpaired) electrons. The molecule has 2 atom stereocenters. The van der Waals surface area contributed by atoms with Crippen LogP contribution in [0.2, 0.25) is 0 Å². The van der Waals surface area contributed by atoms with Crippen molar-refractivity contribution in [3.8, 4) is 0 Å². The van der Waals surface area contributed by atoms with Crippen molar-refractivity contribution in [1.29, 1.82) is 0 Å². The lowest BCUT2D eigenvalue weighted by Crippen LogP contribution is -2.42. The third kappa shape index (κ3) is 3.11. The molecule has 1 fully saturated rings. The summed E-state index contributed by atoms with van der Waals surface area (Å²) in [5, 5.41) is 7.21. The number of halogens is 1. The van der Waals surface area contributed by atoms with E-state index < -0.39 is 0 Å². The van der Waals surface area contributed by atoms with E-state index in [0.717, 1.165) is 28.4 Å². The largest absolute Gasteiger partial charge is 0.459 e. The Hall–Kier alpha value is -1.17. The van der Waals surface area contributed by atoms with Crippen LogP contribution in [-0.4, -0.2) is 23.6 Å². The van der Waals surface area contributed by atoms with Crippen LogP contribution in [0.25, 0.3) is 11.0 Å². The quantitative estimate of drug-likeness (QED) is 0.915. The molecule has 1 amide bonds. The molecule has 0 aliphatic carbocycles. The molecule has 0 bridgehead atoms. The van der Waals surface area contributed by atoms with Crippen LogP contribution in [0.15, 0.2) is 34.7 Å². The average molecular weight is 313 g/mol. The molecule has 2 heterocycles. The number of hydrogen-bond donors (Lipinski definition) is 2. The predicted octanol–water partition coefficient (Wildman–Crippen LogP) is 2.69. The molecule has 108 valence electrons. The van der Waals surface area contributed by atoms with E-state index in [0.29, 0.717) is 0 Å². The van der Waals surface area contributed by atoms with E-state index in [1.54, 1.807) is 11.8 Å². The van der Waals surface area contributed by atoms with Gasteiger partial charge in [0.15, 0.2) is 0 Å². The van der Waals surface area contributed by atoms with E-state index in [2.05, 4.69) is 10.6 Å². The predicted molar refractivity (Wildman–Crippen MR) is 84.3 cm³/mol. The van der Waals surface area contributed by atoms with Crippen LogP contribution in [0.3, 0.4) is 0 Å². The molecular formula is C14H17ClN2O2S. The van der Waals surface area contributed by atoms with Crippen LogP contribution < -0.4 is 10.6 Å². The maximum atomic E-state index is 12.0. The first kappa shape index (κ1) is 15.2. The number of carbonyl (C=O) groups excluding carboxylic acids is 1. The summed E-state index contributed by atoms with van der Waals surface area (Å²) in [6, 6.07) is 9.64. The fourth-order valence-electron chi connectivity index (χ4n) is 2.16. The molecule has 3 rings (SSSR count). The molecule has 4 nitrogen and oxygen atoms in total. The topological polar surface area (TPSA) is 54.3 Å². The summed E-state index contributed by atoms with van der Waals surface area (Å²) in [7, 11) is 0. The maximum Gasteiger partial charge on any atom is 0.238 e. The van der Waals surface area contributed by atoms with Gasteiger partial charge in [0.1, 0.15) is 11.3 Å². The molecule has 6 heteroatoms. The Kier molecular flexibility index (Phi) is 4.96. The third-order valence-corrected chi connectivity index (χ3v) is 4.20. The van der Waals surface area contributed by atoms with Crippen LogP contribution in [0.5, 0.6) is 0 Å². The summed E-state index contributed by atoms with van der Waals surface area (Å²) < 4.78 is 5.75. The molecule has 1 aliphatic heterocycles. The lowest BCUT2D eigenvalue weighted by atomic mass is 10.2. The normalized spacial score (nSPS) is 19.6. The van der Waals surface area contributed by atoms with Gasteiger partial charge in [0.25, 0.3) is 0 Å². The highest BCUT2D eigenvalue weighted by Crippen LogP contribution is 2.23. The van der Waals surface area contributed by atoms with Gasteiger partial charge in [0.05, 0.1) is 12.1 Å². The summed E-state index contributed by atoms with van der Waals surface area (Å²) in [4.78, 5) is 12.0. The van der Waals surface area contributed by atoms with E-state index in [1.165, 1.54) is 0 Å². The summed E-state index contributed by atoms with van der Waals surface area (Å²) in [5.41, 5.74) is 0.855. The fraction of sp³-hybridized carbons (Fsp3) is 0.357. The van der Waals surface area contributed by atoms with Crippen molar-refractivity contribution in [1.82, 2.24) is 10.6 Å². The van der Waals surface area contributed by atoms with Gasteiger partial charge in [-0.3, -0.25) is 10.1 Å². The molecule has 0 spiro atoms. The van der Waals surface area contributed by atoms with Crippen LogP contribution in [0, 0.1) is 0 Å². The number of furan rings is 1. The van der Waals surface area contributed by atoms with Crippen molar-refractivity contribution < 1.29 is 9.21 Å². The summed E-state index contributed by atoms with van der Waals surface area (Å²) in [6.07, 6.45) is 0. The van der Waals surface area contributed by atoms with Crippen molar-refractivity contribution >= 4 is 41.0 Å². The SMILES string of the molecule is CC(NC(=O)C1CSCN1)c1cc2ccccc2o1.Cl. The maximum absolute atomic E-state index is 12.0. The Morgan fingerprint density at radius 1 is 1.50 bits per heavy atom. The van der Waals surface area contributed by atoms with E-state index in [9.17, 15) is 4.79 Å². The van der Waals surface area contributed by atoms with Crippen molar-refractivity contribution in [2.24, 2.45) is 0 Å². The molecule has 0 saturated carbocycles. The molecule has 1 saturated heterocycles. The van der Waals surface area contributed by atoms with Crippen molar-refractivity contribution in [3.63, 3.8) is 0 Å². The number of rotatable bonds is 3. The summed E-state index contributed by atoms with van der Waals surface area (Å²) >= 11 is 1.74. The Morgan fingerprint density at radius 2 is 2.30 bits per heavy atom. The highest BCUT2D eigenvalue weighted by molar-refractivity contribution is 7.99. The smallest absolute Gasteiger partial charge is 0.238 e. The van der Waals surface area contributed by atoms with E-state index >= 15 is 0 Å². The lowest BCUT2D eigenvalue weighted by molar-refractivity contribution is -0.123. The van der Waals surface area contributed by atoms with Crippen molar-refractivity contribution in [3.05, 3.63) is 36.1 Å². The van der Waals surface area contributed by atoms with Crippen LogP contribution in [0.4, 0.5) is 0 Å². The van der Waals surface area contributed by atoms with Crippen molar-refractivity contribution in [2.75, 3.05) is 11.6 Å². The number of nitrogens with one attached hydrogen (secondary N) is 2. The summed E-state index contributed by atoms with van der Waals surface area (Å²) in [6.45, 7) is 1.94. The van der Waals surface area contributed by atoms with Gasteiger partial charge in [-0.2, -0.15) is 0 Å². The number of para-hydroxylation sites is 1. The Morgan fingerprint density at radius 3 is 3.00 bits per heavy atom. The first-order valence-corrected chi connectivity index (χ1v) is 7.49. The average Bonchev–Trinajstić information content (AvgIpc) is 3.07. The van der Waals surface area contributed by atoms with Gasteiger partial charge in [-0.1, -0.05) is 18.2 Å².